The molecule has 0 aliphatic rings. The summed E-state index contributed by atoms with van der Waals surface area (Å²) in [6, 6.07) is 3.08. The van der Waals surface area contributed by atoms with Gasteiger partial charge in [-0.25, -0.2) is 0 Å². The van der Waals surface area contributed by atoms with Gasteiger partial charge in [0.1, 0.15) is 12.4 Å². The third-order valence-corrected chi connectivity index (χ3v) is 1.27. The molecule has 1 aromatic rings. The summed E-state index contributed by atoms with van der Waals surface area (Å²) in [5.41, 5.74) is 0. The van der Waals surface area contributed by atoms with Crippen LogP contribution in [0.1, 0.15) is 16.3 Å². The van der Waals surface area contributed by atoms with Crippen LogP contribution in [-0.4, -0.2) is 18.1 Å². The molecular weight excluding hydrogens is 146 g/mol. The number of aliphatic hydroxyl groups excluding tert-OH is 1. The van der Waals surface area contributed by atoms with E-state index in [1.54, 1.807) is 6.07 Å². The van der Waals surface area contributed by atoms with E-state index in [-0.39, 0.29) is 18.3 Å². The van der Waals surface area contributed by atoms with E-state index in [9.17, 15) is 4.79 Å². The van der Waals surface area contributed by atoms with Crippen LogP contribution in [0.5, 0.6) is 0 Å². The molecule has 0 aliphatic heterocycles. The SMILES string of the molecule is CNC(=O)c1ccc(CO)o1. The molecule has 0 aromatic carbocycles. The van der Waals surface area contributed by atoms with Crippen LogP contribution in [0.2, 0.25) is 0 Å². The Morgan fingerprint density at radius 2 is 2.45 bits per heavy atom. The maximum absolute atomic E-state index is 10.9. The molecule has 0 saturated carbocycles. The molecule has 0 spiro atoms. The smallest absolute Gasteiger partial charge is 0.286 e. The quantitative estimate of drug-likeness (QED) is 0.638. The Balaban J connectivity index is 2.80. The fraction of sp³-hybridized carbons (Fsp3) is 0.286. The summed E-state index contributed by atoms with van der Waals surface area (Å²) >= 11 is 0. The zero-order valence-electron chi connectivity index (χ0n) is 6.13. The second-order valence-corrected chi connectivity index (χ2v) is 2.00. The number of carbonyl (C=O) groups is 1. The normalized spacial score (nSPS) is 9.64. The van der Waals surface area contributed by atoms with Crippen molar-refractivity contribution >= 4 is 5.91 Å². The van der Waals surface area contributed by atoms with E-state index in [1.165, 1.54) is 13.1 Å². The van der Waals surface area contributed by atoms with Crippen molar-refractivity contribution in [2.75, 3.05) is 7.05 Å². The molecule has 11 heavy (non-hydrogen) atoms. The molecule has 2 N–H and O–H groups in total. The van der Waals surface area contributed by atoms with Crippen LogP contribution in [0.25, 0.3) is 0 Å². The number of furan rings is 1. The number of carbonyl (C=O) groups excluding carboxylic acids is 1. The van der Waals surface area contributed by atoms with E-state index in [2.05, 4.69) is 5.32 Å². The Morgan fingerprint density at radius 3 is 2.91 bits per heavy atom. The molecule has 0 saturated heterocycles. The first-order chi connectivity index (χ1) is 5.27. The predicted octanol–water partition coefficient (Wildman–Crippen LogP) is 0.132. The van der Waals surface area contributed by atoms with Gasteiger partial charge in [-0.2, -0.15) is 0 Å². The summed E-state index contributed by atoms with van der Waals surface area (Å²) in [4.78, 5) is 10.9. The van der Waals surface area contributed by atoms with Gasteiger partial charge < -0.3 is 14.8 Å². The van der Waals surface area contributed by atoms with Crippen molar-refractivity contribution in [3.8, 4) is 0 Å². The van der Waals surface area contributed by atoms with Crippen molar-refractivity contribution < 1.29 is 14.3 Å². The molecule has 0 atom stereocenters. The van der Waals surface area contributed by atoms with Gasteiger partial charge in [-0.3, -0.25) is 4.79 Å². The van der Waals surface area contributed by atoms with Crippen LogP contribution < -0.4 is 5.32 Å². The van der Waals surface area contributed by atoms with E-state index in [0.29, 0.717) is 5.76 Å². The van der Waals surface area contributed by atoms with Gasteiger partial charge in [0.25, 0.3) is 5.91 Å². The molecule has 0 aliphatic carbocycles. The van der Waals surface area contributed by atoms with Crippen molar-refractivity contribution in [2.24, 2.45) is 0 Å². The highest BCUT2D eigenvalue weighted by Crippen LogP contribution is 2.06. The molecule has 1 rings (SSSR count). The first-order valence-electron chi connectivity index (χ1n) is 3.19. The van der Waals surface area contributed by atoms with E-state index in [0.717, 1.165) is 0 Å². The van der Waals surface area contributed by atoms with Crippen LogP contribution >= 0.6 is 0 Å². The first kappa shape index (κ1) is 7.81. The molecule has 0 unspecified atom stereocenters. The predicted molar refractivity (Wildman–Crippen MR) is 38.0 cm³/mol. The largest absolute Gasteiger partial charge is 0.453 e. The van der Waals surface area contributed by atoms with Crippen LogP contribution in [-0.2, 0) is 6.61 Å². The maximum Gasteiger partial charge on any atom is 0.286 e. The van der Waals surface area contributed by atoms with E-state index in [1.807, 2.05) is 0 Å². The van der Waals surface area contributed by atoms with Crippen molar-refractivity contribution in [3.63, 3.8) is 0 Å². The second kappa shape index (κ2) is 3.21. The summed E-state index contributed by atoms with van der Waals surface area (Å²) in [6.45, 7) is -0.184. The monoisotopic (exact) mass is 155 g/mol. The summed E-state index contributed by atoms with van der Waals surface area (Å²) in [7, 11) is 1.52. The standard InChI is InChI=1S/C7H9NO3/c1-8-7(10)6-3-2-5(4-9)11-6/h2-3,9H,4H2,1H3,(H,8,10). The van der Waals surface area contributed by atoms with Crippen LogP contribution in [0.4, 0.5) is 0 Å². The Labute approximate surface area is 63.8 Å². The highest BCUT2D eigenvalue weighted by atomic mass is 16.4. The number of rotatable bonds is 2. The Hall–Kier alpha value is -1.29. The zero-order chi connectivity index (χ0) is 8.27. The minimum absolute atomic E-state index is 0.184. The number of hydrogen-bond donors (Lipinski definition) is 2. The van der Waals surface area contributed by atoms with Gasteiger partial charge in [0.2, 0.25) is 0 Å². The zero-order valence-corrected chi connectivity index (χ0v) is 6.13. The Morgan fingerprint density at radius 1 is 1.73 bits per heavy atom. The lowest BCUT2D eigenvalue weighted by atomic mass is 10.4. The number of amides is 1. The molecule has 0 radical (unpaired) electrons. The molecule has 0 bridgehead atoms. The van der Waals surface area contributed by atoms with Gasteiger partial charge in [0, 0.05) is 7.05 Å². The lowest BCUT2D eigenvalue weighted by Gasteiger charge is -1.92. The summed E-state index contributed by atoms with van der Waals surface area (Å²) in [5, 5.41) is 11.0. The molecule has 1 amide bonds. The van der Waals surface area contributed by atoms with Crippen LogP contribution in [0, 0.1) is 0 Å². The Bertz CT molecular complexity index is 254. The van der Waals surface area contributed by atoms with Gasteiger partial charge in [0.15, 0.2) is 5.76 Å². The van der Waals surface area contributed by atoms with Gasteiger partial charge in [-0.1, -0.05) is 0 Å². The number of aliphatic hydroxyl groups is 1. The van der Waals surface area contributed by atoms with E-state index >= 15 is 0 Å². The Kier molecular flexibility index (Phi) is 2.28. The van der Waals surface area contributed by atoms with E-state index in [4.69, 9.17) is 9.52 Å². The maximum atomic E-state index is 10.9. The lowest BCUT2D eigenvalue weighted by molar-refractivity contribution is 0.0931. The molecule has 60 valence electrons. The molecule has 1 aromatic heterocycles. The third kappa shape index (κ3) is 1.59. The van der Waals surface area contributed by atoms with Crippen molar-refractivity contribution in [1.29, 1.82) is 0 Å². The minimum Gasteiger partial charge on any atom is -0.453 e. The lowest BCUT2D eigenvalue weighted by Crippen LogP contribution is -2.16. The van der Waals surface area contributed by atoms with Gasteiger partial charge in [-0.05, 0) is 12.1 Å². The fourth-order valence-corrected chi connectivity index (χ4v) is 0.708. The van der Waals surface area contributed by atoms with Gasteiger partial charge in [-0.15, -0.1) is 0 Å². The average molecular weight is 155 g/mol. The molecular formula is C7H9NO3. The van der Waals surface area contributed by atoms with Crippen molar-refractivity contribution in [2.45, 2.75) is 6.61 Å². The minimum atomic E-state index is -0.287. The third-order valence-electron chi connectivity index (χ3n) is 1.27. The van der Waals surface area contributed by atoms with Gasteiger partial charge in [0.05, 0.1) is 0 Å². The summed E-state index contributed by atoms with van der Waals surface area (Å²) in [6.07, 6.45) is 0. The van der Waals surface area contributed by atoms with Gasteiger partial charge >= 0.3 is 0 Å². The topological polar surface area (TPSA) is 62.5 Å². The summed E-state index contributed by atoms with van der Waals surface area (Å²) in [5.74, 6) is 0.324. The fourth-order valence-electron chi connectivity index (χ4n) is 0.708. The van der Waals surface area contributed by atoms with Crippen LogP contribution in [0.15, 0.2) is 16.5 Å². The first-order valence-corrected chi connectivity index (χ1v) is 3.19. The summed E-state index contributed by atoms with van der Waals surface area (Å²) < 4.78 is 4.92. The van der Waals surface area contributed by atoms with Crippen molar-refractivity contribution in [1.82, 2.24) is 5.32 Å². The molecule has 4 heteroatoms. The van der Waals surface area contributed by atoms with E-state index < -0.39 is 0 Å². The molecule has 4 nitrogen and oxygen atoms in total. The van der Waals surface area contributed by atoms with Crippen molar-refractivity contribution in [3.05, 3.63) is 23.7 Å². The highest BCUT2D eigenvalue weighted by Gasteiger charge is 2.07. The number of hydrogen-bond acceptors (Lipinski definition) is 3. The average Bonchev–Trinajstić information content (AvgIpc) is 2.50. The highest BCUT2D eigenvalue weighted by molar-refractivity contribution is 5.91. The molecule has 0 fully saturated rings. The second-order valence-electron chi connectivity index (χ2n) is 2.00. The molecule has 1 heterocycles. The van der Waals surface area contributed by atoms with Crippen LogP contribution in [0.3, 0.4) is 0 Å². The number of nitrogens with one attached hydrogen (secondary N) is 1.